The molecule has 0 spiro atoms. The number of halogens is 2. The second kappa shape index (κ2) is 11.5. The maximum Gasteiger partial charge on any atom is 0.275 e. The van der Waals surface area contributed by atoms with Gasteiger partial charge in [-0.1, -0.05) is 29.3 Å². The number of methoxy groups -OCH3 is 3. The summed E-state index contributed by atoms with van der Waals surface area (Å²) in [6.45, 7) is 0.295. The summed E-state index contributed by atoms with van der Waals surface area (Å²) in [5.41, 5.74) is 2.47. The van der Waals surface area contributed by atoms with E-state index in [9.17, 15) is 4.79 Å². The lowest BCUT2D eigenvalue weighted by Crippen LogP contribution is -2.13. The zero-order valence-corrected chi connectivity index (χ0v) is 22.0. The number of amides is 1. The fourth-order valence-electron chi connectivity index (χ4n) is 3.31. The first kappa shape index (κ1) is 25.6. The van der Waals surface area contributed by atoms with Crippen molar-refractivity contribution in [3.8, 4) is 33.6 Å². The zero-order valence-electron chi connectivity index (χ0n) is 19.6. The number of aromatic nitrogens is 1. The molecule has 0 saturated carbocycles. The van der Waals surface area contributed by atoms with Crippen LogP contribution >= 0.6 is 34.5 Å². The Morgan fingerprint density at radius 2 is 1.69 bits per heavy atom. The minimum atomic E-state index is -0.352. The molecule has 0 atom stereocenters. The van der Waals surface area contributed by atoms with Gasteiger partial charge < -0.3 is 24.3 Å². The van der Waals surface area contributed by atoms with Gasteiger partial charge in [0, 0.05) is 17.0 Å². The predicted molar refractivity (Wildman–Crippen MR) is 142 cm³/mol. The van der Waals surface area contributed by atoms with Crippen molar-refractivity contribution < 1.29 is 23.7 Å². The van der Waals surface area contributed by atoms with Crippen LogP contribution in [-0.2, 0) is 6.61 Å². The molecule has 0 bridgehead atoms. The highest BCUT2D eigenvalue weighted by Gasteiger charge is 2.16. The number of carbonyl (C=O) groups is 1. The van der Waals surface area contributed by atoms with E-state index >= 15 is 0 Å². The fourth-order valence-corrected chi connectivity index (χ4v) is 4.43. The van der Waals surface area contributed by atoms with E-state index in [0.717, 1.165) is 11.1 Å². The summed E-state index contributed by atoms with van der Waals surface area (Å²) in [7, 11) is 4.65. The summed E-state index contributed by atoms with van der Waals surface area (Å²) in [5.74, 6) is 1.86. The Balaban J connectivity index is 1.48. The zero-order chi connectivity index (χ0) is 25.7. The molecule has 4 aromatic rings. The van der Waals surface area contributed by atoms with E-state index in [2.05, 4.69) is 10.3 Å². The third-order valence-electron chi connectivity index (χ3n) is 5.18. The van der Waals surface area contributed by atoms with Crippen LogP contribution < -0.4 is 24.3 Å². The Bertz CT molecular complexity index is 1390. The van der Waals surface area contributed by atoms with Crippen molar-refractivity contribution in [2.24, 2.45) is 0 Å². The largest absolute Gasteiger partial charge is 0.497 e. The van der Waals surface area contributed by atoms with Crippen molar-refractivity contribution >= 4 is 46.1 Å². The number of rotatable bonds is 9. The van der Waals surface area contributed by atoms with Crippen LogP contribution in [-0.4, -0.2) is 32.2 Å². The molecule has 1 amide bonds. The molecular weight excluding hydrogens is 523 g/mol. The Morgan fingerprint density at radius 1 is 0.889 bits per heavy atom. The molecule has 0 aliphatic heterocycles. The molecule has 0 aliphatic rings. The molecule has 1 N–H and O–H groups in total. The normalized spacial score (nSPS) is 10.6. The molecule has 36 heavy (non-hydrogen) atoms. The maximum atomic E-state index is 12.8. The number of benzene rings is 3. The first-order valence-electron chi connectivity index (χ1n) is 10.7. The van der Waals surface area contributed by atoms with Crippen LogP contribution in [0, 0.1) is 0 Å². The molecule has 0 radical (unpaired) electrons. The van der Waals surface area contributed by atoms with Crippen LogP contribution in [0.1, 0.15) is 16.1 Å². The van der Waals surface area contributed by atoms with E-state index in [-0.39, 0.29) is 11.6 Å². The highest BCUT2D eigenvalue weighted by molar-refractivity contribution is 7.13. The van der Waals surface area contributed by atoms with E-state index in [0.29, 0.717) is 50.3 Å². The minimum absolute atomic E-state index is 0.284. The van der Waals surface area contributed by atoms with Crippen molar-refractivity contribution in [1.29, 1.82) is 0 Å². The summed E-state index contributed by atoms with van der Waals surface area (Å²) in [5, 5.41) is 6.14. The molecule has 7 nitrogen and oxygen atoms in total. The lowest BCUT2D eigenvalue weighted by Gasteiger charge is -2.12. The molecule has 4 rings (SSSR count). The Hall–Kier alpha value is -3.46. The second-order valence-electron chi connectivity index (χ2n) is 7.46. The van der Waals surface area contributed by atoms with Gasteiger partial charge in [0.15, 0.2) is 11.5 Å². The van der Waals surface area contributed by atoms with Crippen LogP contribution in [0.5, 0.6) is 23.0 Å². The molecule has 10 heteroatoms. The van der Waals surface area contributed by atoms with E-state index in [1.54, 1.807) is 56.0 Å². The highest BCUT2D eigenvalue weighted by Crippen LogP contribution is 2.35. The molecule has 0 saturated heterocycles. The van der Waals surface area contributed by atoms with Crippen molar-refractivity contribution in [1.82, 2.24) is 4.98 Å². The Kier molecular flexibility index (Phi) is 8.20. The number of ether oxygens (including phenoxy) is 4. The fraction of sp³-hybridized carbons (Fsp3) is 0.154. The van der Waals surface area contributed by atoms with Crippen molar-refractivity contribution in [3.05, 3.63) is 81.3 Å². The van der Waals surface area contributed by atoms with Gasteiger partial charge in [-0.2, -0.15) is 0 Å². The minimum Gasteiger partial charge on any atom is -0.497 e. The third-order valence-corrected chi connectivity index (χ3v) is 6.81. The number of anilines is 1. The molecule has 0 unspecified atom stereocenters. The van der Waals surface area contributed by atoms with E-state index in [1.807, 2.05) is 18.2 Å². The summed E-state index contributed by atoms with van der Waals surface area (Å²) in [6.07, 6.45) is 0. The number of hydrogen-bond donors (Lipinski definition) is 1. The average molecular weight is 545 g/mol. The molecular formula is C26H22Cl2N2O5S. The Labute approximate surface area is 222 Å². The number of carbonyl (C=O) groups excluding carboxylic acids is 1. The van der Waals surface area contributed by atoms with Gasteiger partial charge in [0.2, 0.25) is 0 Å². The summed E-state index contributed by atoms with van der Waals surface area (Å²) in [6, 6.07) is 16.0. The molecule has 1 aromatic heterocycles. The van der Waals surface area contributed by atoms with Crippen molar-refractivity contribution in [3.63, 3.8) is 0 Å². The van der Waals surface area contributed by atoms with Gasteiger partial charge in [-0.3, -0.25) is 4.79 Å². The first-order valence-corrected chi connectivity index (χ1v) is 12.3. The Morgan fingerprint density at radius 3 is 2.42 bits per heavy atom. The van der Waals surface area contributed by atoms with Gasteiger partial charge in [0.05, 0.1) is 37.1 Å². The molecule has 3 aromatic carbocycles. The van der Waals surface area contributed by atoms with Gasteiger partial charge in [-0.15, -0.1) is 11.3 Å². The summed E-state index contributed by atoms with van der Waals surface area (Å²) >= 11 is 13.4. The van der Waals surface area contributed by atoms with E-state index in [1.165, 1.54) is 18.4 Å². The van der Waals surface area contributed by atoms with Crippen LogP contribution in [0.25, 0.3) is 10.6 Å². The van der Waals surface area contributed by atoms with Crippen LogP contribution in [0.15, 0.2) is 60.0 Å². The third kappa shape index (κ3) is 5.84. The number of nitrogens with one attached hydrogen (secondary N) is 1. The average Bonchev–Trinajstić information content (AvgIpc) is 3.40. The van der Waals surface area contributed by atoms with Gasteiger partial charge in [-0.05, 0) is 48.0 Å². The monoisotopic (exact) mass is 544 g/mol. The van der Waals surface area contributed by atoms with Crippen LogP contribution in [0.2, 0.25) is 10.0 Å². The van der Waals surface area contributed by atoms with Crippen molar-refractivity contribution in [2.45, 2.75) is 6.61 Å². The van der Waals surface area contributed by atoms with E-state index < -0.39 is 0 Å². The van der Waals surface area contributed by atoms with Crippen LogP contribution in [0.3, 0.4) is 0 Å². The number of nitrogens with zero attached hydrogens (tertiary/aromatic N) is 1. The molecule has 0 aliphatic carbocycles. The van der Waals surface area contributed by atoms with E-state index in [4.69, 9.17) is 42.1 Å². The SMILES string of the molecule is COc1ccc(NC(=O)c2csc(-c3ccc(OCc4ccc(Cl)c(Cl)c4)c(OC)c3)n2)c(OC)c1. The molecule has 186 valence electrons. The van der Waals surface area contributed by atoms with Gasteiger partial charge >= 0.3 is 0 Å². The molecule has 1 heterocycles. The molecule has 0 fully saturated rings. The smallest absolute Gasteiger partial charge is 0.275 e. The second-order valence-corrected chi connectivity index (χ2v) is 9.13. The highest BCUT2D eigenvalue weighted by atomic mass is 35.5. The number of thiazole rings is 1. The lowest BCUT2D eigenvalue weighted by atomic mass is 10.2. The first-order chi connectivity index (χ1) is 17.4. The van der Waals surface area contributed by atoms with Gasteiger partial charge in [0.25, 0.3) is 5.91 Å². The summed E-state index contributed by atoms with van der Waals surface area (Å²) < 4.78 is 22.0. The quantitative estimate of drug-likeness (QED) is 0.245. The van der Waals surface area contributed by atoms with Crippen LogP contribution in [0.4, 0.5) is 5.69 Å². The van der Waals surface area contributed by atoms with Gasteiger partial charge in [0.1, 0.15) is 28.8 Å². The summed E-state index contributed by atoms with van der Waals surface area (Å²) in [4.78, 5) is 17.3. The van der Waals surface area contributed by atoms with Crippen molar-refractivity contribution in [2.75, 3.05) is 26.6 Å². The maximum absolute atomic E-state index is 12.8. The number of hydrogen-bond acceptors (Lipinski definition) is 7. The van der Waals surface area contributed by atoms with Gasteiger partial charge in [-0.25, -0.2) is 4.98 Å². The topological polar surface area (TPSA) is 78.9 Å². The standard InChI is InChI=1S/C26H22Cl2N2O5S/c1-32-17-6-8-20(23(12-17)33-2)29-25(31)21-14-36-26(30-21)16-5-9-22(24(11-16)34-3)35-13-15-4-7-18(27)19(28)10-15/h4-12,14H,13H2,1-3H3,(H,29,31). The predicted octanol–water partition coefficient (Wildman–Crippen LogP) is 6.97. The lowest BCUT2D eigenvalue weighted by molar-refractivity contribution is 0.102.